The number of amides is 1. The second kappa shape index (κ2) is 3.05. The van der Waals surface area contributed by atoms with E-state index in [2.05, 4.69) is 23.2 Å². The van der Waals surface area contributed by atoms with Crippen LogP contribution in [-0.2, 0) is 4.74 Å². The van der Waals surface area contributed by atoms with Gasteiger partial charge in [-0.1, -0.05) is 19.2 Å². The smallest absolute Gasteiger partial charge is 0.411 e. The average Bonchev–Trinajstić information content (AvgIpc) is 2.04. The number of carbonyl (C=O) groups excluding carboxylic acids is 1. The molecular weight excluding hydrogens is 142 g/mol. The Hall–Kier alpha value is -1.51. The Balaban J connectivity index is 2.91. The Bertz CT molecular complexity index is 240. The van der Waals surface area contributed by atoms with Gasteiger partial charge in [0.15, 0.2) is 0 Å². The summed E-state index contributed by atoms with van der Waals surface area (Å²) in [5.41, 5.74) is 1.52. The molecule has 0 bridgehead atoms. The van der Waals surface area contributed by atoms with E-state index in [-0.39, 0.29) is 6.61 Å². The van der Waals surface area contributed by atoms with Gasteiger partial charge in [-0.25, -0.2) is 4.79 Å². The van der Waals surface area contributed by atoms with Gasteiger partial charge < -0.3 is 4.74 Å². The zero-order chi connectivity index (χ0) is 8.27. The summed E-state index contributed by atoms with van der Waals surface area (Å²) < 4.78 is 4.69. The number of nitrogens with one attached hydrogen (secondary N) is 1. The molecule has 58 valence electrons. The predicted octanol–water partition coefficient (Wildman–Crippen LogP) is 1.35. The molecule has 0 saturated carbocycles. The van der Waals surface area contributed by atoms with Crippen LogP contribution < -0.4 is 5.32 Å². The third kappa shape index (κ3) is 1.49. The topological polar surface area (TPSA) is 38.3 Å². The van der Waals surface area contributed by atoms with Crippen LogP contribution in [0.5, 0.6) is 0 Å². The fourth-order valence-corrected chi connectivity index (χ4v) is 0.798. The highest BCUT2D eigenvalue weighted by Crippen LogP contribution is 2.09. The lowest BCUT2D eigenvalue weighted by atomic mass is 10.2. The number of rotatable bonds is 2. The van der Waals surface area contributed by atoms with Crippen LogP contribution in [0.15, 0.2) is 36.6 Å². The van der Waals surface area contributed by atoms with Crippen molar-refractivity contribution in [2.45, 2.75) is 0 Å². The van der Waals surface area contributed by atoms with Gasteiger partial charge >= 0.3 is 6.09 Å². The third-order valence-electron chi connectivity index (χ3n) is 1.39. The molecule has 11 heavy (non-hydrogen) atoms. The summed E-state index contributed by atoms with van der Waals surface area (Å²) in [7, 11) is 0. The second-order valence-corrected chi connectivity index (χ2v) is 2.05. The molecule has 0 saturated heterocycles. The van der Waals surface area contributed by atoms with Gasteiger partial charge in [0, 0.05) is 5.57 Å². The van der Waals surface area contributed by atoms with E-state index >= 15 is 0 Å². The number of hydrogen-bond acceptors (Lipinski definition) is 2. The molecule has 0 aliphatic carbocycles. The van der Waals surface area contributed by atoms with E-state index in [0.717, 1.165) is 5.57 Å². The lowest BCUT2D eigenvalue weighted by molar-refractivity contribution is 0.154. The molecule has 1 rings (SSSR count). The van der Waals surface area contributed by atoms with Crippen molar-refractivity contribution in [2.24, 2.45) is 0 Å². The summed E-state index contributed by atoms with van der Waals surface area (Å²) >= 11 is 0. The minimum atomic E-state index is -0.439. The number of alkyl carbamates (subject to hydrolysis) is 1. The number of ether oxygens (including phenoxy) is 1. The zero-order valence-corrected chi connectivity index (χ0v) is 6.09. The molecule has 0 unspecified atom stereocenters. The van der Waals surface area contributed by atoms with Crippen LogP contribution >= 0.6 is 0 Å². The molecule has 1 N–H and O–H groups in total. The highest BCUT2D eigenvalue weighted by Gasteiger charge is 2.13. The summed E-state index contributed by atoms with van der Waals surface area (Å²) in [4.78, 5) is 10.6. The maximum Gasteiger partial charge on any atom is 0.411 e. The van der Waals surface area contributed by atoms with Crippen molar-refractivity contribution < 1.29 is 9.53 Å². The second-order valence-electron chi connectivity index (χ2n) is 2.05. The van der Waals surface area contributed by atoms with Gasteiger partial charge in [-0.05, 0) is 6.08 Å². The Kier molecular flexibility index (Phi) is 2.11. The van der Waals surface area contributed by atoms with E-state index in [9.17, 15) is 4.79 Å². The van der Waals surface area contributed by atoms with E-state index in [0.29, 0.717) is 5.70 Å². The van der Waals surface area contributed by atoms with Gasteiger partial charge in [0.1, 0.15) is 6.61 Å². The molecule has 1 aliphatic heterocycles. The number of cyclic esters (lactones) is 1. The molecular formula is C8H9NO2. The fraction of sp³-hybridized carbons (Fsp3) is 0.125. The first-order valence-corrected chi connectivity index (χ1v) is 3.19. The Morgan fingerprint density at radius 2 is 2.18 bits per heavy atom. The van der Waals surface area contributed by atoms with Crippen LogP contribution in [0.25, 0.3) is 0 Å². The van der Waals surface area contributed by atoms with Crippen LogP contribution in [0.4, 0.5) is 4.79 Å². The summed E-state index contributed by atoms with van der Waals surface area (Å²) in [5, 5.41) is 2.50. The lowest BCUT2D eigenvalue weighted by Gasteiger charge is -2.16. The van der Waals surface area contributed by atoms with Crippen molar-refractivity contribution in [3.8, 4) is 0 Å². The van der Waals surface area contributed by atoms with Crippen molar-refractivity contribution in [1.82, 2.24) is 5.32 Å². The van der Waals surface area contributed by atoms with Crippen molar-refractivity contribution in [3.05, 3.63) is 36.6 Å². The molecule has 0 fully saturated rings. The Morgan fingerprint density at radius 3 is 2.73 bits per heavy atom. The molecule has 0 aromatic carbocycles. The Labute approximate surface area is 65.0 Å². The minimum Gasteiger partial charge on any atom is -0.444 e. The van der Waals surface area contributed by atoms with Crippen LogP contribution in [0, 0.1) is 0 Å². The van der Waals surface area contributed by atoms with E-state index < -0.39 is 6.09 Å². The third-order valence-corrected chi connectivity index (χ3v) is 1.39. The van der Waals surface area contributed by atoms with Crippen LogP contribution in [0.1, 0.15) is 0 Å². The van der Waals surface area contributed by atoms with Crippen LogP contribution in [0.3, 0.4) is 0 Å². The molecule has 0 aromatic rings. The number of allylic oxidation sites excluding steroid dienone is 1. The maximum atomic E-state index is 10.6. The number of carbonyl (C=O) groups is 1. The lowest BCUT2D eigenvalue weighted by Crippen LogP contribution is -2.29. The normalized spacial score (nSPS) is 16.9. The van der Waals surface area contributed by atoms with Gasteiger partial charge in [0.05, 0.1) is 5.70 Å². The first kappa shape index (κ1) is 7.60. The standard InChI is InChI=1S/C8H9NO2/c1-3-6-5-11-8(10)9-7(6)4-2/h3-4H,1-2,5H2,(H,9,10). The fourth-order valence-electron chi connectivity index (χ4n) is 0.798. The SMILES string of the molecule is C=CC1=C(C=C)NC(=O)OC1. The molecule has 1 aliphatic rings. The average molecular weight is 151 g/mol. The summed E-state index contributed by atoms with van der Waals surface area (Å²) in [6.07, 6.45) is 2.76. The molecule has 3 heteroatoms. The Morgan fingerprint density at radius 1 is 1.45 bits per heavy atom. The van der Waals surface area contributed by atoms with Gasteiger partial charge in [-0.2, -0.15) is 0 Å². The molecule has 0 atom stereocenters. The molecule has 0 aromatic heterocycles. The van der Waals surface area contributed by atoms with Gasteiger partial charge in [-0.15, -0.1) is 0 Å². The molecule has 3 nitrogen and oxygen atoms in total. The summed E-state index contributed by atoms with van der Waals surface area (Å²) in [6, 6.07) is 0. The molecule has 0 spiro atoms. The quantitative estimate of drug-likeness (QED) is 0.647. The van der Waals surface area contributed by atoms with Crippen molar-refractivity contribution in [3.63, 3.8) is 0 Å². The van der Waals surface area contributed by atoms with Crippen LogP contribution in [0.2, 0.25) is 0 Å². The van der Waals surface area contributed by atoms with Crippen molar-refractivity contribution in [1.29, 1.82) is 0 Å². The first-order valence-electron chi connectivity index (χ1n) is 3.19. The summed E-state index contributed by atoms with van der Waals surface area (Å²) in [5.74, 6) is 0. The van der Waals surface area contributed by atoms with Crippen molar-refractivity contribution >= 4 is 6.09 Å². The van der Waals surface area contributed by atoms with Gasteiger partial charge in [-0.3, -0.25) is 5.32 Å². The first-order chi connectivity index (χ1) is 5.27. The largest absolute Gasteiger partial charge is 0.444 e. The van der Waals surface area contributed by atoms with Crippen molar-refractivity contribution in [2.75, 3.05) is 6.61 Å². The number of hydrogen-bond donors (Lipinski definition) is 1. The maximum absolute atomic E-state index is 10.6. The van der Waals surface area contributed by atoms with Crippen LogP contribution in [-0.4, -0.2) is 12.7 Å². The minimum absolute atomic E-state index is 0.274. The zero-order valence-electron chi connectivity index (χ0n) is 6.09. The highest BCUT2D eigenvalue weighted by atomic mass is 16.5. The van der Waals surface area contributed by atoms with E-state index in [4.69, 9.17) is 0 Å². The van der Waals surface area contributed by atoms with E-state index in [1.807, 2.05) is 0 Å². The highest BCUT2D eigenvalue weighted by molar-refractivity contribution is 5.72. The van der Waals surface area contributed by atoms with E-state index in [1.54, 1.807) is 12.2 Å². The molecule has 0 radical (unpaired) electrons. The molecule has 1 heterocycles. The predicted molar refractivity (Wildman–Crippen MR) is 41.9 cm³/mol. The molecule has 1 amide bonds. The van der Waals surface area contributed by atoms with E-state index in [1.165, 1.54) is 0 Å². The van der Waals surface area contributed by atoms with Gasteiger partial charge in [0.2, 0.25) is 0 Å². The monoisotopic (exact) mass is 151 g/mol. The summed E-state index contributed by atoms with van der Waals surface area (Å²) in [6.45, 7) is 7.39. The van der Waals surface area contributed by atoms with Gasteiger partial charge in [0.25, 0.3) is 0 Å².